The molecule has 120 valence electrons. The molecular weight excluding hydrogens is 244 g/mol. The zero-order chi connectivity index (χ0) is 15.3. The molecule has 0 aromatic rings. The molecule has 2 atom stereocenters. The minimum Gasteiger partial charge on any atom is -0.312 e. The maximum atomic E-state index is 3.80. The molecule has 1 fully saturated rings. The highest BCUT2D eigenvalue weighted by Gasteiger charge is 2.29. The van der Waals surface area contributed by atoms with Crippen molar-refractivity contribution in [3.8, 4) is 0 Å². The highest BCUT2D eigenvalue weighted by atomic mass is 15.2. The fourth-order valence-corrected chi connectivity index (χ4v) is 3.53. The molecule has 0 aromatic carbocycles. The Kier molecular flexibility index (Phi) is 7.00. The van der Waals surface area contributed by atoms with Crippen LogP contribution in [0, 0.1) is 23.2 Å². The molecule has 1 rings (SSSR count). The Hall–Kier alpha value is -0.0800. The molecule has 0 amide bonds. The van der Waals surface area contributed by atoms with Gasteiger partial charge in [0.15, 0.2) is 0 Å². The maximum Gasteiger partial charge on any atom is 0.0198 e. The van der Waals surface area contributed by atoms with Crippen molar-refractivity contribution in [1.82, 2.24) is 10.2 Å². The third-order valence-corrected chi connectivity index (χ3v) is 3.95. The van der Waals surface area contributed by atoms with Crippen LogP contribution in [-0.4, -0.2) is 37.1 Å². The minimum atomic E-state index is 0.452. The summed E-state index contributed by atoms with van der Waals surface area (Å²) in [7, 11) is 0. The van der Waals surface area contributed by atoms with Gasteiger partial charge in [0.2, 0.25) is 0 Å². The normalized spacial score (nSPS) is 25.6. The van der Waals surface area contributed by atoms with E-state index in [2.05, 4.69) is 58.7 Å². The van der Waals surface area contributed by atoms with Gasteiger partial charge in [-0.2, -0.15) is 0 Å². The molecule has 2 heteroatoms. The first-order chi connectivity index (χ1) is 9.15. The molecule has 0 radical (unpaired) electrons. The number of nitrogens with zero attached hydrogens (tertiary/aromatic N) is 1. The molecule has 1 aliphatic rings. The molecule has 0 aromatic heterocycles. The Labute approximate surface area is 127 Å². The van der Waals surface area contributed by atoms with Crippen LogP contribution in [0.1, 0.15) is 61.3 Å². The monoisotopic (exact) mass is 282 g/mol. The number of nitrogens with one attached hydrogen (secondary N) is 1. The summed E-state index contributed by atoms with van der Waals surface area (Å²) in [6, 6.07) is 0.692. The molecule has 0 spiro atoms. The summed E-state index contributed by atoms with van der Waals surface area (Å²) in [5.74, 6) is 2.37. The van der Waals surface area contributed by atoms with Crippen molar-refractivity contribution in [3.63, 3.8) is 0 Å². The largest absolute Gasteiger partial charge is 0.312 e. The summed E-state index contributed by atoms with van der Waals surface area (Å²) < 4.78 is 0. The van der Waals surface area contributed by atoms with Crippen LogP contribution in [0.5, 0.6) is 0 Å². The second kappa shape index (κ2) is 7.79. The first-order valence-electron chi connectivity index (χ1n) is 8.61. The first-order valence-corrected chi connectivity index (χ1v) is 8.61. The van der Waals surface area contributed by atoms with Gasteiger partial charge in [-0.05, 0) is 42.6 Å². The Morgan fingerprint density at radius 2 is 1.70 bits per heavy atom. The summed E-state index contributed by atoms with van der Waals surface area (Å²) in [4.78, 5) is 2.70. The van der Waals surface area contributed by atoms with E-state index in [-0.39, 0.29) is 0 Å². The molecule has 2 nitrogen and oxygen atoms in total. The fraction of sp³-hybridized carbons (Fsp3) is 1.00. The lowest BCUT2D eigenvalue weighted by molar-refractivity contribution is 0.103. The van der Waals surface area contributed by atoms with E-state index in [0.29, 0.717) is 11.5 Å². The van der Waals surface area contributed by atoms with Crippen LogP contribution in [0.25, 0.3) is 0 Å². The van der Waals surface area contributed by atoms with Crippen LogP contribution in [0.15, 0.2) is 0 Å². The molecule has 1 aliphatic heterocycles. The van der Waals surface area contributed by atoms with E-state index in [0.717, 1.165) is 24.3 Å². The smallest absolute Gasteiger partial charge is 0.0198 e. The van der Waals surface area contributed by atoms with Gasteiger partial charge >= 0.3 is 0 Å². The Morgan fingerprint density at radius 1 is 1.05 bits per heavy atom. The number of hydrogen-bond acceptors (Lipinski definition) is 2. The molecule has 2 unspecified atom stereocenters. The second-order valence-electron chi connectivity index (χ2n) is 8.98. The Balaban J connectivity index is 2.57. The number of hydrogen-bond donors (Lipinski definition) is 1. The van der Waals surface area contributed by atoms with E-state index in [1.807, 2.05) is 0 Å². The predicted molar refractivity (Wildman–Crippen MR) is 90.1 cm³/mol. The van der Waals surface area contributed by atoms with E-state index < -0.39 is 0 Å². The van der Waals surface area contributed by atoms with Gasteiger partial charge in [-0.1, -0.05) is 48.5 Å². The zero-order valence-electron chi connectivity index (χ0n) is 15.0. The van der Waals surface area contributed by atoms with Gasteiger partial charge in [-0.15, -0.1) is 0 Å². The summed E-state index contributed by atoms with van der Waals surface area (Å²) in [6.07, 6.45) is 2.71. The first kappa shape index (κ1) is 18.0. The predicted octanol–water partition coefficient (Wildman–Crippen LogP) is 4.01. The minimum absolute atomic E-state index is 0.452. The number of rotatable bonds is 6. The summed E-state index contributed by atoms with van der Waals surface area (Å²) in [5, 5.41) is 3.80. The van der Waals surface area contributed by atoms with Crippen molar-refractivity contribution < 1.29 is 0 Å². The zero-order valence-corrected chi connectivity index (χ0v) is 15.0. The third kappa shape index (κ3) is 7.64. The average molecular weight is 283 g/mol. The molecular formula is C18H38N2. The second-order valence-corrected chi connectivity index (χ2v) is 8.98. The molecule has 0 saturated carbocycles. The lowest BCUT2D eigenvalue weighted by Crippen LogP contribution is -2.51. The standard InChI is InChI=1S/C18H38N2/c1-14(2)10-19-17-8-16(9-18(5,6)7)12-20(13-17)11-15(3)4/h14-17,19H,8-13H2,1-7H3. The van der Waals surface area contributed by atoms with Crippen molar-refractivity contribution in [2.75, 3.05) is 26.2 Å². The van der Waals surface area contributed by atoms with Crippen LogP contribution in [0.2, 0.25) is 0 Å². The average Bonchev–Trinajstić information content (AvgIpc) is 2.22. The number of likely N-dealkylation sites (tertiary alicyclic amines) is 1. The maximum absolute atomic E-state index is 3.80. The Bertz CT molecular complexity index is 265. The van der Waals surface area contributed by atoms with Gasteiger partial charge in [0.05, 0.1) is 0 Å². The van der Waals surface area contributed by atoms with Crippen LogP contribution in [-0.2, 0) is 0 Å². The highest BCUT2D eigenvalue weighted by molar-refractivity contribution is 4.86. The van der Waals surface area contributed by atoms with Crippen LogP contribution in [0.4, 0.5) is 0 Å². The van der Waals surface area contributed by atoms with Crippen molar-refractivity contribution in [2.24, 2.45) is 23.2 Å². The quantitative estimate of drug-likeness (QED) is 0.791. The van der Waals surface area contributed by atoms with E-state index in [1.165, 1.54) is 32.5 Å². The topological polar surface area (TPSA) is 15.3 Å². The van der Waals surface area contributed by atoms with Crippen LogP contribution >= 0.6 is 0 Å². The van der Waals surface area contributed by atoms with Gasteiger partial charge in [-0.3, -0.25) is 0 Å². The fourth-order valence-electron chi connectivity index (χ4n) is 3.53. The van der Waals surface area contributed by atoms with E-state index in [9.17, 15) is 0 Å². The molecule has 0 aliphatic carbocycles. The van der Waals surface area contributed by atoms with E-state index in [4.69, 9.17) is 0 Å². The SMILES string of the molecule is CC(C)CNC1CC(CC(C)(C)C)CN(CC(C)C)C1. The molecule has 20 heavy (non-hydrogen) atoms. The molecule has 1 saturated heterocycles. The lowest BCUT2D eigenvalue weighted by Gasteiger charge is -2.41. The van der Waals surface area contributed by atoms with Crippen LogP contribution < -0.4 is 5.32 Å². The van der Waals surface area contributed by atoms with Crippen molar-refractivity contribution in [2.45, 2.75) is 67.3 Å². The van der Waals surface area contributed by atoms with Crippen LogP contribution in [0.3, 0.4) is 0 Å². The lowest BCUT2D eigenvalue weighted by atomic mass is 9.80. The van der Waals surface area contributed by atoms with Crippen molar-refractivity contribution in [1.29, 1.82) is 0 Å². The van der Waals surface area contributed by atoms with Crippen molar-refractivity contribution in [3.05, 3.63) is 0 Å². The number of piperidine rings is 1. The van der Waals surface area contributed by atoms with Gasteiger partial charge in [0, 0.05) is 25.7 Å². The summed E-state index contributed by atoms with van der Waals surface area (Å²) in [6.45, 7) is 21.4. The highest BCUT2D eigenvalue weighted by Crippen LogP contribution is 2.30. The summed E-state index contributed by atoms with van der Waals surface area (Å²) in [5.41, 5.74) is 0.452. The molecule has 1 N–H and O–H groups in total. The van der Waals surface area contributed by atoms with Gasteiger partial charge in [-0.25, -0.2) is 0 Å². The summed E-state index contributed by atoms with van der Waals surface area (Å²) >= 11 is 0. The third-order valence-electron chi connectivity index (χ3n) is 3.95. The van der Waals surface area contributed by atoms with Gasteiger partial charge < -0.3 is 10.2 Å². The van der Waals surface area contributed by atoms with Gasteiger partial charge in [0.25, 0.3) is 0 Å². The Morgan fingerprint density at radius 3 is 2.20 bits per heavy atom. The van der Waals surface area contributed by atoms with Gasteiger partial charge in [0.1, 0.15) is 0 Å². The van der Waals surface area contributed by atoms with E-state index >= 15 is 0 Å². The molecule has 0 bridgehead atoms. The van der Waals surface area contributed by atoms with E-state index in [1.54, 1.807) is 0 Å². The van der Waals surface area contributed by atoms with Crippen molar-refractivity contribution >= 4 is 0 Å². The molecule has 1 heterocycles.